The summed E-state index contributed by atoms with van der Waals surface area (Å²) < 4.78 is 0. The average Bonchev–Trinajstić information content (AvgIpc) is 2.78. The number of hydrogen-bond donors (Lipinski definition) is 1. The van der Waals surface area contributed by atoms with Gasteiger partial charge in [0.1, 0.15) is 0 Å². The summed E-state index contributed by atoms with van der Waals surface area (Å²) in [6.45, 7) is 2.40. The molecule has 0 atom stereocenters. The molecule has 1 aliphatic rings. The summed E-state index contributed by atoms with van der Waals surface area (Å²) >= 11 is 1.49. The maximum absolute atomic E-state index is 13.3. The van der Waals surface area contributed by atoms with Gasteiger partial charge in [-0.05, 0) is 42.8 Å². The van der Waals surface area contributed by atoms with Gasteiger partial charge in [-0.2, -0.15) is 0 Å². The fourth-order valence-electron chi connectivity index (χ4n) is 3.09. The molecule has 3 aromatic carbocycles. The normalized spacial score (nSPS) is 12.9. The number of amides is 1. The number of carboxylic acids is 1. The van der Waals surface area contributed by atoms with Gasteiger partial charge < -0.3 is 10.0 Å². The number of aromatic carboxylic acids is 1. The van der Waals surface area contributed by atoms with Gasteiger partial charge >= 0.3 is 5.97 Å². The van der Waals surface area contributed by atoms with Gasteiger partial charge in [0, 0.05) is 9.79 Å². The summed E-state index contributed by atoms with van der Waals surface area (Å²) in [6.07, 6.45) is 0. The predicted molar refractivity (Wildman–Crippen MR) is 106 cm³/mol. The first kappa shape index (κ1) is 17.4. The Bertz CT molecular complexity index is 1040. The van der Waals surface area contributed by atoms with Crippen molar-refractivity contribution in [1.82, 2.24) is 0 Å². The molecule has 27 heavy (non-hydrogen) atoms. The Morgan fingerprint density at radius 3 is 2.48 bits per heavy atom. The second-order valence-corrected chi connectivity index (χ2v) is 7.55. The quantitative estimate of drug-likeness (QED) is 0.699. The third kappa shape index (κ3) is 3.34. The van der Waals surface area contributed by atoms with Gasteiger partial charge in [-0.3, -0.25) is 4.79 Å². The highest BCUT2D eigenvalue weighted by Gasteiger charge is 2.28. The Balaban J connectivity index is 1.86. The minimum atomic E-state index is -1.01. The monoisotopic (exact) mass is 375 g/mol. The van der Waals surface area contributed by atoms with Crippen LogP contribution in [-0.2, 0) is 6.54 Å². The molecule has 4 nitrogen and oxygen atoms in total. The van der Waals surface area contributed by atoms with E-state index >= 15 is 0 Å². The SMILES string of the molecule is Cc1ccc(CN2C(=O)c3ccccc3Sc3ccc(C(=O)O)cc32)cc1. The molecule has 0 aliphatic carbocycles. The number of carbonyl (C=O) groups excluding carboxylic acids is 1. The fraction of sp³-hybridized carbons (Fsp3) is 0.0909. The standard InChI is InChI=1S/C22H17NO3S/c1-14-6-8-15(9-7-14)13-23-18-12-16(22(25)26)10-11-20(18)27-19-5-3-2-4-17(19)21(23)24/h2-12H,13H2,1H3,(H,25,26). The Labute approximate surface area is 161 Å². The maximum atomic E-state index is 13.3. The highest BCUT2D eigenvalue weighted by atomic mass is 32.2. The van der Waals surface area contributed by atoms with Gasteiger partial charge in [0.05, 0.1) is 23.4 Å². The van der Waals surface area contributed by atoms with Crippen LogP contribution in [-0.4, -0.2) is 17.0 Å². The number of nitrogens with zero attached hydrogens (tertiary/aromatic N) is 1. The smallest absolute Gasteiger partial charge is 0.335 e. The highest BCUT2D eigenvalue weighted by molar-refractivity contribution is 7.99. The number of hydrogen-bond acceptors (Lipinski definition) is 3. The van der Waals surface area contributed by atoms with Crippen LogP contribution >= 0.6 is 11.8 Å². The molecule has 0 spiro atoms. The summed E-state index contributed by atoms with van der Waals surface area (Å²) in [5.41, 5.74) is 3.56. The topological polar surface area (TPSA) is 57.6 Å². The molecule has 1 aliphatic heterocycles. The van der Waals surface area contributed by atoms with Crippen molar-refractivity contribution in [2.75, 3.05) is 4.90 Å². The lowest BCUT2D eigenvalue weighted by Crippen LogP contribution is -2.30. The maximum Gasteiger partial charge on any atom is 0.335 e. The van der Waals surface area contributed by atoms with Crippen LogP contribution in [0.25, 0.3) is 0 Å². The van der Waals surface area contributed by atoms with Crippen molar-refractivity contribution in [1.29, 1.82) is 0 Å². The van der Waals surface area contributed by atoms with E-state index in [0.29, 0.717) is 17.8 Å². The molecular formula is C22H17NO3S. The van der Waals surface area contributed by atoms with Crippen LogP contribution in [0.15, 0.2) is 76.5 Å². The van der Waals surface area contributed by atoms with Crippen molar-refractivity contribution in [3.05, 3.63) is 89.0 Å². The van der Waals surface area contributed by atoms with Crippen molar-refractivity contribution in [2.45, 2.75) is 23.3 Å². The second kappa shape index (κ2) is 6.93. The number of carboxylic acid groups (broad SMARTS) is 1. The number of carbonyl (C=O) groups is 2. The van der Waals surface area contributed by atoms with Crippen molar-refractivity contribution in [3.63, 3.8) is 0 Å². The molecule has 0 saturated carbocycles. The zero-order chi connectivity index (χ0) is 19.0. The van der Waals surface area contributed by atoms with Crippen LogP contribution in [0, 0.1) is 6.92 Å². The van der Waals surface area contributed by atoms with Crippen molar-refractivity contribution in [2.24, 2.45) is 0 Å². The third-order valence-electron chi connectivity index (χ3n) is 4.54. The molecule has 134 valence electrons. The molecule has 1 heterocycles. The van der Waals surface area contributed by atoms with E-state index in [2.05, 4.69) is 0 Å². The molecule has 1 amide bonds. The molecule has 0 unspecified atom stereocenters. The van der Waals surface area contributed by atoms with Gasteiger partial charge in [-0.1, -0.05) is 53.7 Å². The van der Waals surface area contributed by atoms with Crippen molar-refractivity contribution < 1.29 is 14.7 Å². The van der Waals surface area contributed by atoms with Gasteiger partial charge in [0.15, 0.2) is 0 Å². The van der Waals surface area contributed by atoms with Crippen LogP contribution in [0.3, 0.4) is 0 Å². The Morgan fingerprint density at radius 2 is 1.74 bits per heavy atom. The van der Waals surface area contributed by atoms with E-state index in [1.165, 1.54) is 11.8 Å². The van der Waals surface area contributed by atoms with E-state index in [1.807, 2.05) is 55.5 Å². The van der Waals surface area contributed by atoms with Crippen LogP contribution in [0.5, 0.6) is 0 Å². The highest BCUT2D eigenvalue weighted by Crippen LogP contribution is 2.42. The van der Waals surface area contributed by atoms with Crippen molar-refractivity contribution in [3.8, 4) is 0 Å². The van der Waals surface area contributed by atoms with Crippen LogP contribution in [0.2, 0.25) is 0 Å². The van der Waals surface area contributed by atoms with Gasteiger partial charge in [-0.25, -0.2) is 4.79 Å². The summed E-state index contributed by atoms with van der Waals surface area (Å²) in [4.78, 5) is 28.2. The molecule has 0 radical (unpaired) electrons. The molecular weight excluding hydrogens is 358 g/mol. The van der Waals surface area contributed by atoms with E-state index in [4.69, 9.17) is 0 Å². The largest absolute Gasteiger partial charge is 0.478 e. The average molecular weight is 375 g/mol. The minimum absolute atomic E-state index is 0.125. The number of aryl methyl sites for hydroxylation is 1. The number of anilines is 1. The van der Waals surface area contributed by atoms with Crippen molar-refractivity contribution >= 4 is 29.3 Å². The van der Waals surface area contributed by atoms with Crippen LogP contribution < -0.4 is 4.90 Å². The third-order valence-corrected chi connectivity index (χ3v) is 5.68. The summed E-state index contributed by atoms with van der Waals surface area (Å²) in [5.74, 6) is -1.13. The summed E-state index contributed by atoms with van der Waals surface area (Å²) in [6, 6.07) is 20.4. The number of rotatable bonds is 3. The molecule has 0 bridgehead atoms. The van der Waals surface area contributed by atoms with Crippen LogP contribution in [0.1, 0.15) is 31.8 Å². The molecule has 0 fully saturated rings. The summed E-state index contributed by atoms with van der Waals surface area (Å²) in [7, 11) is 0. The first-order valence-electron chi connectivity index (χ1n) is 8.54. The zero-order valence-electron chi connectivity index (χ0n) is 14.7. The lowest BCUT2D eigenvalue weighted by atomic mass is 10.1. The predicted octanol–water partition coefficient (Wildman–Crippen LogP) is 5.00. The lowest BCUT2D eigenvalue weighted by molar-refractivity contribution is 0.0696. The Kier molecular flexibility index (Phi) is 4.46. The first-order chi connectivity index (χ1) is 13.0. The number of fused-ring (bicyclic) bond motifs is 2. The minimum Gasteiger partial charge on any atom is -0.478 e. The van der Waals surface area contributed by atoms with E-state index in [1.54, 1.807) is 23.1 Å². The Morgan fingerprint density at radius 1 is 1.00 bits per heavy atom. The van der Waals surface area contributed by atoms with Gasteiger partial charge in [0.2, 0.25) is 0 Å². The lowest BCUT2D eigenvalue weighted by Gasteiger charge is -2.23. The molecule has 0 saturated heterocycles. The number of benzene rings is 3. The first-order valence-corrected chi connectivity index (χ1v) is 9.36. The van der Waals surface area contributed by atoms with E-state index in [0.717, 1.165) is 20.9 Å². The van der Waals surface area contributed by atoms with Gasteiger partial charge in [-0.15, -0.1) is 0 Å². The molecule has 3 aromatic rings. The molecule has 0 aromatic heterocycles. The van der Waals surface area contributed by atoms with E-state index in [9.17, 15) is 14.7 Å². The van der Waals surface area contributed by atoms with Gasteiger partial charge in [0.25, 0.3) is 5.91 Å². The van der Waals surface area contributed by atoms with Crippen LogP contribution in [0.4, 0.5) is 5.69 Å². The fourth-order valence-corrected chi connectivity index (χ4v) is 4.14. The molecule has 5 heteroatoms. The van der Waals surface area contributed by atoms with E-state index in [-0.39, 0.29) is 11.5 Å². The molecule has 4 rings (SSSR count). The second-order valence-electron chi connectivity index (χ2n) is 6.46. The summed E-state index contributed by atoms with van der Waals surface area (Å²) in [5, 5.41) is 9.39. The van der Waals surface area contributed by atoms with E-state index < -0.39 is 5.97 Å². The zero-order valence-corrected chi connectivity index (χ0v) is 15.5. The Hall–Kier alpha value is -3.05. The molecule has 1 N–H and O–H groups in total.